The van der Waals surface area contributed by atoms with Crippen LogP contribution < -0.4 is 5.32 Å². The average molecular weight is 344 g/mol. The quantitative estimate of drug-likeness (QED) is 0.694. The van der Waals surface area contributed by atoms with Crippen LogP contribution in [0.1, 0.15) is 41.1 Å². The summed E-state index contributed by atoms with van der Waals surface area (Å²) in [7, 11) is 0. The van der Waals surface area contributed by atoms with E-state index in [1.54, 1.807) is 0 Å². The summed E-state index contributed by atoms with van der Waals surface area (Å²) < 4.78 is 13.2. The van der Waals surface area contributed by atoms with E-state index >= 15 is 0 Å². The molecule has 0 saturated carbocycles. The molecule has 1 heterocycles. The van der Waals surface area contributed by atoms with Gasteiger partial charge in [0, 0.05) is 9.75 Å². The summed E-state index contributed by atoms with van der Waals surface area (Å²) in [6.45, 7) is 2.08. The molecular weight excluding hydrogens is 328 g/mol. The van der Waals surface area contributed by atoms with Crippen LogP contribution in [0.5, 0.6) is 0 Å². The standard InChI is InChI=1S/C16H16Cl2FNS/c1-9(15-6-10-4-2-3-5-14(10)21-15)20-16-12(17)7-11(19)8-13(16)18/h6-9,20H,2-5H2,1H3. The fourth-order valence-electron chi connectivity index (χ4n) is 2.69. The number of fused-ring (bicyclic) bond motifs is 1. The van der Waals surface area contributed by atoms with E-state index < -0.39 is 5.82 Å². The summed E-state index contributed by atoms with van der Waals surface area (Å²) in [6.07, 6.45) is 4.92. The molecule has 0 amide bonds. The molecule has 1 atom stereocenters. The molecule has 1 nitrogen and oxygen atoms in total. The van der Waals surface area contributed by atoms with Gasteiger partial charge >= 0.3 is 0 Å². The Hall–Kier alpha value is -0.770. The Morgan fingerprint density at radius 2 is 1.81 bits per heavy atom. The Labute approximate surface area is 138 Å². The number of rotatable bonds is 3. The lowest BCUT2D eigenvalue weighted by molar-refractivity contribution is 0.628. The molecule has 1 N–H and O–H groups in total. The van der Waals surface area contributed by atoms with Crippen molar-refractivity contribution in [1.82, 2.24) is 0 Å². The molecule has 0 bridgehead atoms. The van der Waals surface area contributed by atoms with Crippen LogP contribution in [0.25, 0.3) is 0 Å². The van der Waals surface area contributed by atoms with E-state index in [1.165, 1.54) is 53.1 Å². The molecule has 1 aromatic carbocycles. The highest BCUT2D eigenvalue weighted by Gasteiger charge is 2.18. The average Bonchev–Trinajstić information content (AvgIpc) is 2.86. The van der Waals surface area contributed by atoms with Crippen molar-refractivity contribution in [3.63, 3.8) is 0 Å². The zero-order chi connectivity index (χ0) is 15.0. The van der Waals surface area contributed by atoms with Crippen molar-refractivity contribution in [2.24, 2.45) is 0 Å². The second-order valence-electron chi connectivity index (χ2n) is 5.41. The minimum Gasteiger partial charge on any atom is -0.375 e. The summed E-state index contributed by atoms with van der Waals surface area (Å²) in [5.41, 5.74) is 2.07. The van der Waals surface area contributed by atoms with Gasteiger partial charge in [-0.1, -0.05) is 23.2 Å². The van der Waals surface area contributed by atoms with Crippen molar-refractivity contribution in [3.8, 4) is 0 Å². The Morgan fingerprint density at radius 3 is 2.48 bits per heavy atom. The van der Waals surface area contributed by atoms with Gasteiger partial charge in [-0.15, -0.1) is 11.3 Å². The number of aryl methyl sites for hydroxylation is 2. The molecule has 1 aliphatic carbocycles. The van der Waals surface area contributed by atoms with Crippen molar-refractivity contribution >= 4 is 40.2 Å². The lowest BCUT2D eigenvalue weighted by Gasteiger charge is -2.16. The fraction of sp³-hybridized carbons (Fsp3) is 0.375. The van der Waals surface area contributed by atoms with E-state index in [9.17, 15) is 4.39 Å². The number of halogens is 3. The monoisotopic (exact) mass is 343 g/mol. The number of anilines is 1. The van der Waals surface area contributed by atoms with Crippen LogP contribution in [0.2, 0.25) is 10.0 Å². The van der Waals surface area contributed by atoms with Crippen LogP contribution in [-0.2, 0) is 12.8 Å². The molecule has 0 spiro atoms. The molecule has 1 unspecified atom stereocenters. The first-order chi connectivity index (χ1) is 10.0. The lowest BCUT2D eigenvalue weighted by atomic mass is 9.99. The number of nitrogens with one attached hydrogen (secondary N) is 1. The Kier molecular flexibility index (Phi) is 4.43. The summed E-state index contributed by atoms with van der Waals surface area (Å²) in [6, 6.07) is 4.94. The van der Waals surface area contributed by atoms with Gasteiger partial charge in [-0.25, -0.2) is 4.39 Å². The highest BCUT2D eigenvalue weighted by atomic mass is 35.5. The van der Waals surface area contributed by atoms with Gasteiger partial charge < -0.3 is 5.32 Å². The normalized spacial score (nSPS) is 15.6. The van der Waals surface area contributed by atoms with Gasteiger partial charge in [0.25, 0.3) is 0 Å². The number of thiophene rings is 1. The fourth-order valence-corrected chi connectivity index (χ4v) is 4.52. The van der Waals surface area contributed by atoms with Crippen molar-refractivity contribution in [2.45, 2.75) is 38.6 Å². The molecule has 0 radical (unpaired) electrons. The van der Waals surface area contributed by atoms with Crippen LogP contribution in [0, 0.1) is 5.82 Å². The number of hydrogen-bond donors (Lipinski definition) is 1. The lowest BCUT2D eigenvalue weighted by Crippen LogP contribution is -2.06. The van der Waals surface area contributed by atoms with Crippen LogP contribution in [0.4, 0.5) is 10.1 Å². The first kappa shape index (κ1) is 15.1. The van der Waals surface area contributed by atoms with E-state index in [0.29, 0.717) is 15.7 Å². The summed E-state index contributed by atoms with van der Waals surface area (Å²) in [4.78, 5) is 2.78. The van der Waals surface area contributed by atoms with E-state index in [1.807, 2.05) is 11.3 Å². The predicted octanol–water partition coefficient (Wildman–Crippen LogP) is 6.25. The summed E-state index contributed by atoms with van der Waals surface area (Å²) in [5.74, 6) is -0.421. The number of hydrogen-bond acceptors (Lipinski definition) is 2. The van der Waals surface area contributed by atoms with Gasteiger partial charge in [0.2, 0.25) is 0 Å². The molecule has 3 rings (SSSR count). The van der Waals surface area contributed by atoms with Crippen LogP contribution in [0.3, 0.4) is 0 Å². The molecule has 21 heavy (non-hydrogen) atoms. The van der Waals surface area contributed by atoms with Crippen molar-refractivity contribution < 1.29 is 4.39 Å². The third kappa shape index (κ3) is 3.20. The zero-order valence-corrected chi connectivity index (χ0v) is 14.0. The Bertz CT molecular complexity index is 622. The van der Waals surface area contributed by atoms with Crippen LogP contribution in [-0.4, -0.2) is 0 Å². The van der Waals surface area contributed by atoms with E-state index in [4.69, 9.17) is 23.2 Å². The second kappa shape index (κ2) is 6.15. The highest BCUT2D eigenvalue weighted by Crippen LogP contribution is 2.37. The van der Waals surface area contributed by atoms with E-state index in [2.05, 4.69) is 18.3 Å². The summed E-state index contributed by atoms with van der Waals surface area (Å²) >= 11 is 14.0. The SMILES string of the molecule is CC(Nc1c(Cl)cc(F)cc1Cl)c1cc2c(s1)CCCC2. The largest absolute Gasteiger partial charge is 0.375 e. The van der Waals surface area contributed by atoms with Crippen LogP contribution in [0.15, 0.2) is 18.2 Å². The Balaban J connectivity index is 1.83. The van der Waals surface area contributed by atoms with E-state index in [0.717, 1.165) is 0 Å². The highest BCUT2D eigenvalue weighted by molar-refractivity contribution is 7.12. The molecule has 5 heteroatoms. The van der Waals surface area contributed by atoms with Crippen molar-refractivity contribution in [3.05, 3.63) is 49.4 Å². The van der Waals surface area contributed by atoms with Gasteiger partial charge in [0.15, 0.2) is 0 Å². The van der Waals surface area contributed by atoms with Crippen molar-refractivity contribution in [1.29, 1.82) is 0 Å². The molecule has 1 aliphatic rings. The first-order valence-corrected chi connectivity index (χ1v) is 8.64. The van der Waals surface area contributed by atoms with Gasteiger partial charge in [-0.2, -0.15) is 0 Å². The molecule has 2 aromatic rings. The van der Waals surface area contributed by atoms with Gasteiger partial charge in [-0.3, -0.25) is 0 Å². The maximum atomic E-state index is 13.2. The molecule has 1 aromatic heterocycles. The minimum absolute atomic E-state index is 0.0982. The maximum Gasteiger partial charge on any atom is 0.126 e. The van der Waals surface area contributed by atoms with Gasteiger partial charge in [-0.05, 0) is 56.4 Å². The first-order valence-electron chi connectivity index (χ1n) is 7.07. The maximum absolute atomic E-state index is 13.2. The number of benzene rings is 1. The van der Waals surface area contributed by atoms with Gasteiger partial charge in [0.1, 0.15) is 5.82 Å². The molecule has 0 saturated heterocycles. The molecular formula is C16H16Cl2FNS. The third-order valence-corrected chi connectivity index (χ3v) is 5.83. The topological polar surface area (TPSA) is 12.0 Å². The minimum atomic E-state index is -0.421. The Morgan fingerprint density at radius 1 is 1.14 bits per heavy atom. The summed E-state index contributed by atoms with van der Waals surface area (Å²) in [5, 5.41) is 3.94. The van der Waals surface area contributed by atoms with Crippen molar-refractivity contribution in [2.75, 3.05) is 5.32 Å². The molecule has 0 fully saturated rings. The zero-order valence-electron chi connectivity index (χ0n) is 11.7. The smallest absolute Gasteiger partial charge is 0.126 e. The van der Waals surface area contributed by atoms with Gasteiger partial charge in [0.05, 0.1) is 21.8 Å². The predicted molar refractivity (Wildman–Crippen MR) is 89.4 cm³/mol. The molecule has 112 valence electrons. The second-order valence-corrected chi connectivity index (χ2v) is 7.40. The molecule has 0 aliphatic heterocycles. The van der Waals surface area contributed by atoms with Crippen LogP contribution >= 0.6 is 34.5 Å². The third-order valence-electron chi connectivity index (χ3n) is 3.81. The van der Waals surface area contributed by atoms with E-state index in [-0.39, 0.29) is 6.04 Å².